The number of nitrogens with zero attached hydrogens (tertiary/aromatic N) is 2. The van der Waals surface area contributed by atoms with Gasteiger partial charge in [-0.05, 0) is 32.3 Å². The van der Waals surface area contributed by atoms with Crippen LogP contribution < -0.4 is 0 Å². The van der Waals surface area contributed by atoms with E-state index in [2.05, 4.69) is 9.97 Å². The fraction of sp³-hybridized carbons (Fsp3) is 0.467. The van der Waals surface area contributed by atoms with Crippen molar-refractivity contribution >= 4 is 17.2 Å². The molecule has 21 heavy (non-hydrogen) atoms. The molecule has 0 aliphatic heterocycles. The normalized spacial score (nSPS) is 10.8. The summed E-state index contributed by atoms with van der Waals surface area (Å²) in [5, 5.41) is 11.7. The SMILES string of the molecule is Cc1nc(-c2c[nH]c(C(=O)N(C)CCCCCO)c2)cs1. The van der Waals surface area contributed by atoms with Crippen LogP contribution in [0.2, 0.25) is 0 Å². The van der Waals surface area contributed by atoms with Crippen LogP contribution in [0.5, 0.6) is 0 Å². The maximum atomic E-state index is 12.3. The van der Waals surface area contributed by atoms with E-state index in [4.69, 9.17) is 5.11 Å². The van der Waals surface area contributed by atoms with Crippen LogP contribution in [-0.2, 0) is 0 Å². The lowest BCUT2D eigenvalue weighted by Crippen LogP contribution is -2.28. The highest BCUT2D eigenvalue weighted by Crippen LogP contribution is 2.22. The molecular weight excluding hydrogens is 286 g/mol. The van der Waals surface area contributed by atoms with Gasteiger partial charge in [0.15, 0.2) is 0 Å². The van der Waals surface area contributed by atoms with Gasteiger partial charge in [-0.1, -0.05) is 0 Å². The summed E-state index contributed by atoms with van der Waals surface area (Å²) in [6, 6.07) is 1.85. The van der Waals surface area contributed by atoms with Gasteiger partial charge in [-0.2, -0.15) is 0 Å². The summed E-state index contributed by atoms with van der Waals surface area (Å²) in [5.74, 6) is -0.0165. The molecule has 2 aromatic rings. The van der Waals surface area contributed by atoms with E-state index < -0.39 is 0 Å². The van der Waals surface area contributed by atoms with Gasteiger partial charge < -0.3 is 15.0 Å². The zero-order valence-electron chi connectivity index (χ0n) is 12.4. The molecular formula is C15H21N3O2S. The van der Waals surface area contributed by atoms with Crippen molar-refractivity contribution in [3.05, 3.63) is 28.3 Å². The minimum Gasteiger partial charge on any atom is -0.396 e. The monoisotopic (exact) mass is 307 g/mol. The summed E-state index contributed by atoms with van der Waals surface area (Å²) >= 11 is 1.60. The van der Waals surface area contributed by atoms with E-state index in [-0.39, 0.29) is 12.5 Å². The van der Waals surface area contributed by atoms with Crippen LogP contribution in [0.15, 0.2) is 17.6 Å². The number of hydrogen-bond acceptors (Lipinski definition) is 4. The van der Waals surface area contributed by atoms with Crippen LogP contribution in [0.4, 0.5) is 0 Å². The molecule has 2 rings (SSSR count). The Bertz CT molecular complexity index is 591. The summed E-state index contributed by atoms with van der Waals surface area (Å²) in [5.41, 5.74) is 2.43. The minimum atomic E-state index is -0.0165. The van der Waals surface area contributed by atoms with Gasteiger partial charge in [0.2, 0.25) is 0 Å². The predicted molar refractivity (Wildman–Crippen MR) is 84.5 cm³/mol. The second-order valence-corrected chi connectivity index (χ2v) is 6.13. The number of aromatic amines is 1. The smallest absolute Gasteiger partial charge is 0.270 e. The number of aliphatic hydroxyl groups excluding tert-OH is 1. The zero-order chi connectivity index (χ0) is 15.2. The summed E-state index contributed by atoms with van der Waals surface area (Å²) < 4.78 is 0. The van der Waals surface area contributed by atoms with E-state index >= 15 is 0 Å². The van der Waals surface area contributed by atoms with Crippen molar-refractivity contribution in [1.82, 2.24) is 14.9 Å². The Balaban J connectivity index is 1.95. The quantitative estimate of drug-likeness (QED) is 0.773. The zero-order valence-corrected chi connectivity index (χ0v) is 13.2. The van der Waals surface area contributed by atoms with E-state index in [0.29, 0.717) is 12.2 Å². The molecule has 0 radical (unpaired) electrons. The number of amides is 1. The van der Waals surface area contributed by atoms with Gasteiger partial charge in [0.05, 0.1) is 10.7 Å². The first kappa shape index (κ1) is 15.7. The summed E-state index contributed by atoms with van der Waals surface area (Å²) in [6.07, 6.45) is 4.45. The van der Waals surface area contributed by atoms with E-state index in [9.17, 15) is 4.79 Å². The van der Waals surface area contributed by atoms with Gasteiger partial charge in [-0.3, -0.25) is 4.79 Å². The van der Waals surface area contributed by atoms with Crippen molar-refractivity contribution in [1.29, 1.82) is 0 Å². The molecule has 2 aromatic heterocycles. The molecule has 5 nitrogen and oxygen atoms in total. The van der Waals surface area contributed by atoms with Crippen molar-refractivity contribution in [3.63, 3.8) is 0 Å². The van der Waals surface area contributed by atoms with Crippen molar-refractivity contribution in [2.75, 3.05) is 20.2 Å². The molecule has 0 aromatic carbocycles. The average Bonchev–Trinajstić information content (AvgIpc) is 3.11. The molecule has 0 saturated carbocycles. The van der Waals surface area contributed by atoms with Gasteiger partial charge in [-0.25, -0.2) is 4.98 Å². The lowest BCUT2D eigenvalue weighted by atomic mass is 10.2. The maximum Gasteiger partial charge on any atom is 0.270 e. The van der Waals surface area contributed by atoms with Crippen LogP contribution >= 0.6 is 11.3 Å². The number of H-pyrrole nitrogens is 1. The van der Waals surface area contributed by atoms with E-state index in [1.165, 1.54) is 0 Å². The molecule has 0 fully saturated rings. The van der Waals surface area contributed by atoms with E-state index in [1.807, 2.05) is 24.6 Å². The van der Waals surface area contributed by atoms with Gasteiger partial charge in [0.1, 0.15) is 5.69 Å². The Morgan fingerprint density at radius 3 is 2.90 bits per heavy atom. The van der Waals surface area contributed by atoms with E-state index in [0.717, 1.165) is 35.5 Å². The third-order valence-corrected chi connectivity index (χ3v) is 4.10. The van der Waals surface area contributed by atoms with Crippen LogP contribution in [0.25, 0.3) is 11.3 Å². The van der Waals surface area contributed by atoms with E-state index in [1.54, 1.807) is 23.3 Å². The third kappa shape index (κ3) is 4.15. The number of rotatable bonds is 7. The van der Waals surface area contributed by atoms with Crippen LogP contribution in [0, 0.1) is 6.92 Å². The molecule has 114 valence electrons. The highest BCUT2D eigenvalue weighted by molar-refractivity contribution is 7.09. The Labute approximate surface area is 128 Å². The van der Waals surface area contributed by atoms with Gasteiger partial charge in [0, 0.05) is 37.3 Å². The number of unbranched alkanes of at least 4 members (excludes halogenated alkanes) is 2. The van der Waals surface area contributed by atoms with Crippen molar-refractivity contribution in [2.45, 2.75) is 26.2 Å². The summed E-state index contributed by atoms with van der Waals surface area (Å²) in [7, 11) is 1.80. The molecule has 0 unspecified atom stereocenters. The number of carbonyl (C=O) groups is 1. The third-order valence-electron chi connectivity index (χ3n) is 3.33. The van der Waals surface area contributed by atoms with Crippen LogP contribution in [0.3, 0.4) is 0 Å². The molecule has 6 heteroatoms. The van der Waals surface area contributed by atoms with Crippen molar-refractivity contribution in [2.24, 2.45) is 0 Å². The Morgan fingerprint density at radius 2 is 2.24 bits per heavy atom. The standard InChI is InChI=1S/C15H21N3O2S/c1-11-17-14(10-21-11)12-8-13(16-9-12)15(20)18(2)6-4-3-5-7-19/h8-10,16,19H,3-7H2,1-2H3. The Hall–Kier alpha value is -1.66. The topological polar surface area (TPSA) is 69.2 Å². The Kier molecular flexibility index (Phi) is 5.52. The molecule has 1 amide bonds. The molecule has 0 aliphatic carbocycles. The number of nitrogens with one attached hydrogen (secondary N) is 1. The molecule has 0 bridgehead atoms. The number of aliphatic hydroxyl groups is 1. The van der Waals surface area contributed by atoms with Gasteiger partial charge in [0.25, 0.3) is 5.91 Å². The Morgan fingerprint density at radius 1 is 1.43 bits per heavy atom. The first-order chi connectivity index (χ1) is 10.1. The van der Waals surface area contributed by atoms with Gasteiger partial charge in [-0.15, -0.1) is 11.3 Å². The van der Waals surface area contributed by atoms with Crippen molar-refractivity contribution in [3.8, 4) is 11.3 Å². The second kappa shape index (κ2) is 7.38. The van der Waals surface area contributed by atoms with Crippen LogP contribution in [-0.4, -0.2) is 46.1 Å². The number of hydrogen-bond donors (Lipinski definition) is 2. The highest BCUT2D eigenvalue weighted by atomic mass is 32.1. The first-order valence-electron chi connectivity index (χ1n) is 7.09. The lowest BCUT2D eigenvalue weighted by Gasteiger charge is -2.15. The van der Waals surface area contributed by atoms with Crippen molar-refractivity contribution < 1.29 is 9.90 Å². The molecule has 2 heterocycles. The molecule has 0 atom stereocenters. The molecule has 0 aliphatic rings. The lowest BCUT2D eigenvalue weighted by molar-refractivity contribution is 0.0787. The number of aromatic nitrogens is 2. The minimum absolute atomic E-state index is 0.0165. The number of aryl methyl sites for hydroxylation is 1. The highest BCUT2D eigenvalue weighted by Gasteiger charge is 2.14. The van der Waals surface area contributed by atoms with Gasteiger partial charge >= 0.3 is 0 Å². The maximum absolute atomic E-state index is 12.3. The number of thiazole rings is 1. The van der Waals surface area contributed by atoms with Crippen LogP contribution in [0.1, 0.15) is 34.8 Å². The summed E-state index contributed by atoms with van der Waals surface area (Å²) in [4.78, 5) is 21.4. The average molecular weight is 307 g/mol. The first-order valence-corrected chi connectivity index (χ1v) is 7.97. The largest absolute Gasteiger partial charge is 0.396 e. The molecule has 0 spiro atoms. The molecule has 0 saturated heterocycles. The summed E-state index contributed by atoms with van der Waals surface area (Å²) in [6.45, 7) is 2.88. The fourth-order valence-corrected chi connectivity index (χ4v) is 2.73. The molecule has 2 N–H and O–H groups in total. The second-order valence-electron chi connectivity index (χ2n) is 5.06. The fourth-order valence-electron chi connectivity index (χ4n) is 2.11. The predicted octanol–water partition coefficient (Wildman–Crippen LogP) is 2.68. The number of carbonyl (C=O) groups excluding carboxylic acids is 1.